The highest BCUT2D eigenvalue weighted by atomic mass is 32.1. The van der Waals surface area contributed by atoms with Gasteiger partial charge in [-0.3, -0.25) is 4.90 Å². The van der Waals surface area contributed by atoms with Gasteiger partial charge in [-0.2, -0.15) is 0 Å². The van der Waals surface area contributed by atoms with Crippen molar-refractivity contribution >= 4 is 11.3 Å². The Kier molecular flexibility index (Phi) is 4.99. The SMILES string of the molecule is CNCc1cc(CN2CCC3C(CCCN3C)C2)c(C)s1. The highest BCUT2D eigenvalue weighted by Gasteiger charge is 2.34. The van der Waals surface area contributed by atoms with Crippen LogP contribution in [0, 0.1) is 12.8 Å². The molecule has 0 amide bonds. The topological polar surface area (TPSA) is 18.5 Å². The summed E-state index contributed by atoms with van der Waals surface area (Å²) in [5, 5.41) is 3.26. The van der Waals surface area contributed by atoms with Crippen LogP contribution in [-0.4, -0.2) is 49.6 Å². The van der Waals surface area contributed by atoms with Gasteiger partial charge in [0, 0.05) is 35.4 Å². The molecule has 2 unspecified atom stereocenters. The van der Waals surface area contributed by atoms with Gasteiger partial charge < -0.3 is 10.2 Å². The van der Waals surface area contributed by atoms with Crippen molar-refractivity contribution in [1.82, 2.24) is 15.1 Å². The minimum absolute atomic E-state index is 0.846. The molecule has 0 aliphatic carbocycles. The maximum Gasteiger partial charge on any atom is 0.0296 e. The molecule has 2 aliphatic heterocycles. The summed E-state index contributed by atoms with van der Waals surface area (Å²) in [5.41, 5.74) is 1.55. The minimum atomic E-state index is 0.846. The van der Waals surface area contributed by atoms with Crippen molar-refractivity contribution in [3.63, 3.8) is 0 Å². The van der Waals surface area contributed by atoms with Crippen LogP contribution in [0.2, 0.25) is 0 Å². The highest BCUT2D eigenvalue weighted by molar-refractivity contribution is 7.12. The predicted octanol–water partition coefficient (Wildman–Crippen LogP) is 2.69. The molecule has 0 bridgehead atoms. The molecule has 1 aromatic heterocycles. The molecule has 4 heteroatoms. The monoisotopic (exact) mass is 307 g/mol. The van der Waals surface area contributed by atoms with Gasteiger partial charge in [-0.15, -0.1) is 11.3 Å². The standard InChI is InChI=1S/C17H29N3S/c1-13-15(9-16(21-13)10-18-2)12-20-8-6-17-14(11-20)5-4-7-19(17)3/h9,14,17-18H,4-8,10-12H2,1-3H3. The van der Waals surface area contributed by atoms with Crippen molar-refractivity contribution in [2.75, 3.05) is 33.7 Å². The molecule has 2 saturated heterocycles. The molecule has 0 aromatic carbocycles. The highest BCUT2D eigenvalue weighted by Crippen LogP contribution is 2.31. The Morgan fingerprint density at radius 1 is 1.33 bits per heavy atom. The number of likely N-dealkylation sites (tertiary alicyclic amines) is 2. The van der Waals surface area contributed by atoms with Crippen LogP contribution in [0.3, 0.4) is 0 Å². The number of nitrogens with zero attached hydrogens (tertiary/aromatic N) is 2. The van der Waals surface area contributed by atoms with Gasteiger partial charge in [0.05, 0.1) is 0 Å². The zero-order valence-corrected chi connectivity index (χ0v) is 14.5. The van der Waals surface area contributed by atoms with Crippen LogP contribution in [0.25, 0.3) is 0 Å². The summed E-state index contributed by atoms with van der Waals surface area (Å²) in [6.07, 6.45) is 4.17. The Morgan fingerprint density at radius 3 is 3.00 bits per heavy atom. The van der Waals surface area contributed by atoms with Crippen LogP contribution in [-0.2, 0) is 13.1 Å². The van der Waals surface area contributed by atoms with Gasteiger partial charge in [0.1, 0.15) is 0 Å². The fraction of sp³-hybridized carbons (Fsp3) is 0.765. The van der Waals surface area contributed by atoms with Crippen molar-refractivity contribution in [3.8, 4) is 0 Å². The predicted molar refractivity (Wildman–Crippen MR) is 90.9 cm³/mol. The second-order valence-electron chi connectivity index (χ2n) is 6.80. The van der Waals surface area contributed by atoms with Gasteiger partial charge in [0.2, 0.25) is 0 Å². The number of thiophene rings is 1. The number of nitrogens with one attached hydrogen (secondary N) is 1. The van der Waals surface area contributed by atoms with E-state index in [9.17, 15) is 0 Å². The third-order valence-electron chi connectivity index (χ3n) is 5.25. The van der Waals surface area contributed by atoms with Crippen molar-refractivity contribution in [3.05, 3.63) is 21.4 Å². The summed E-state index contributed by atoms with van der Waals surface area (Å²) < 4.78 is 0. The molecule has 2 aliphatic rings. The van der Waals surface area contributed by atoms with E-state index in [-0.39, 0.29) is 0 Å². The Balaban J connectivity index is 1.61. The Hall–Kier alpha value is -0.420. The van der Waals surface area contributed by atoms with Crippen LogP contribution in [0.1, 0.15) is 34.6 Å². The van der Waals surface area contributed by atoms with Gasteiger partial charge in [-0.05, 0) is 70.9 Å². The molecular formula is C17H29N3S. The van der Waals surface area contributed by atoms with Gasteiger partial charge in [-0.1, -0.05) is 0 Å². The third kappa shape index (κ3) is 3.50. The molecule has 0 saturated carbocycles. The van der Waals surface area contributed by atoms with Gasteiger partial charge in [0.15, 0.2) is 0 Å². The van der Waals surface area contributed by atoms with E-state index in [0.717, 1.165) is 25.0 Å². The lowest BCUT2D eigenvalue weighted by Gasteiger charge is -2.46. The normalized spacial score (nSPS) is 27.8. The lowest BCUT2D eigenvalue weighted by molar-refractivity contribution is 0.0354. The van der Waals surface area contributed by atoms with Gasteiger partial charge in [-0.25, -0.2) is 0 Å². The molecule has 1 aromatic rings. The summed E-state index contributed by atoms with van der Waals surface area (Å²) in [4.78, 5) is 8.27. The third-order valence-corrected chi connectivity index (χ3v) is 6.34. The Morgan fingerprint density at radius 2 is 2.19 bits per heavy atom. The number of fused-ring (bicyclic) bond motifs is 1. The van der Waals surface area contributed by atoms with Gasteiger partial charge in [0.25, 0.3) is 0 Å². The van der Waals surface area contributed by atoms with E-state index in [1.54, 1.807) is 5.56 Å². The summed E-state index contributed by atoms with van der Waals surface area (Å²) in [7, 11) is 4.35. The van der Waals surface area contributed by atoms with Crippen LogP contribution < -0.4 is 5.32 Å². The first-order valence-electron chi connectivity index (χ1n) is 8.32. The van der Waals surface area contributed by atoms with Crippen LogP contribution in [0.4, 0.5) is 0 Å². The van der Waals surface area contributed by atoms with Crippen molar-refractivity contribution in [2.45, 2.75) is 45.3 Å². The second kappa shape index (κ2) is 6.78. The zero-order valence-electron chi connectivity index (χ0n) is 13.7. The van der Waals surface area contributed by atoms with Crippen molar-refractivity contribution in [2.24, 2.45) is 5.92 Å². The summed E-state index contributed by atoms with van der Waals surface area (Å²) >= 11 is 1.95. The fourth-order valence-electron chi connectivity index (χ4n) is 4.12. The first-order valence-corrected chi connectivity index (χ1v) is 9.14. The largest absolute Gasteiger partial charge is 0.315 e. The molecular weight excluding hydrogens is 278 g/mol. The van der Waals surface area contributed by atoms with E-state index >= 15 is 0 Å². The van der Waals surface area contributed by atoms with E-state index in [1.807, 2.05) is 18.4 Å². The molecule has 0 spiro atoms. The average molecular weight is 308 g/mol. The molecule has 3 heterocycles. The lowest BCUT2D eigenvalue weighted by Crippen LogP contribution is -2.52. The number of hydrogen-bond acceptors (Lipinski definition) is 4. The van der Waals surface area contributed by atoms with Crippen molar-refractivity contribution < 1.29 is 0 Å². The summed E-state index contributed by atoms with van der Waals surface area (Å²) in [5.74, 6) is 0.897. The van der Waals surface area contributed by atoms with E-state index in [2.05, 4.69) is 35.2 Å². The van der Waals surface area contributed by atoms with Crippen molar-refractivity contribution in [1.29, 1.82) is 0 Å². The molecule has 3 rings (SSSR count). The first-order chi connectivity index (χ1) is 10.2. The molecule has 2 fully saturated rings. The maximum atomic E-state index is 3.26. The smallest absolute Gasteiger partial charge is 0.0296 e. The van der Waals surface area contributed by atoms with Gasteiger partial charge >= 0.3 is 0 Å². The molecule has 118 valence electrons. The second-order valence-corrected chi connectivity index (χ2v) is 8.14. The molecule has 1 N–H and O–H groups in total. The molecule has 21 heavy (non-hydrogen) atoms. The summed E-state index contributed by atoms with van der Waals surface area (Å²) in [6.45, 7) is 8.30. The quantitative estimate of drug-likeness (QED) is 0.923. The minimum Gasteiger partial charge on any atom is -0.315 e. The van der Waals surface area contributed by atoms with Crippen LogP contribution in [0.15, 0.2) is 6.07 Å². The molecule has 0 radical (unpaired) electrons. The summed E-state index contributed by atoms with van der Waals surface area (Å²) in [6, 6.07) is 3.26. The number of hydrogen-bond donors (Lipinski definition) is 1. The van der Waals surface area contributed by atoms with E-state index < -0.39 is 0 Å². The lowest BCUT2D eigenvalue weighted by atomic mass is 9.84. The molecule has 3 nitrogen and oxygen atoms in total. The maximum absolute atomic E-state index is 3.26. The average Bonchev–Trinajstić information content (AvgIpc) is 2.79. The van der Waals surface area contributed by atoms with E-state index in [1.165, 1.54) is 48.7 Å². The Bertz CT molecular complexity index is 471. The zero-order chi connectivity index (χ0) is 14.8. The number of aryl methyl sites for hydroxylation is 1. The molecule has 2 atom stereocenters. The van der Waals surface area contributed by atoms with Crippen LogP contribution >= 0.6 is 11.3 Å². The number of rotatable bonds is 4. The first kappa shape index (κ1) is 15.5. The fourth-order valence-corrected chi connectivity index (χ4v) is 5.18. The number of piperidine rings is 2. The van der Waals surface area contributed by atoms with E-state index in [0.29, 0.717) is 0 Å². The van der Waals surface area contributed by atoms with E-state index in [4.69, 9.17) is 0 Å². The Labute approximate surface area is 133 Å². The van der Waals surface area contributed by atoms with Crippen LogP contribution in [0.5, 0.6) is 0 Å².